The van der Waals surface area contributed by atoms with Crippen molar-refractivity contribution < 1.29 is 9.68 Å². The van der Waals surface area contributed by atoms with Crippen LogP contribution < -0.4 is 0 Å². The highest BCUT2D eigenvalue weighted by atomic mass is 16.7. The van der Waals surface area contributed by atoms with Crippen molar-refractivity contribution in [3.05, 3.63) is 71.8 Å². The van der Waals surface area contributed by atoms with Gasteiger partial charge in [0.15, 0.2) is 0 Å². The second-order valence-electron chi connectivity index (χ2n) is 6.19. The van der Waals surface area contributed by atoms with E-state index in [1.807, 2.05) is 36.4 Å². The number of hydrogen-bond donors (Lipinski definition) is 0. The largest absolute Gasteiger partial charge is 0.299 e. The van der Waals surface area contributed by atoms with E-state index in [-0.39, 0.29) is 0 Å². The predicted octanol–water partition coefficient (Wildman–Crippen LogP) is 3.99. The van der Waals surface area contributed by atoms with E-state index in [9.17, 15) is 0 Å². The first kappa shape index (κ1) is 17.1. The average Bonchev–Trinajstić information content (AvgIpc) is 3.25. The maximum Gasteiger partial charge on any atom is 0.0704 e. The first-order valence-electron chi connectivity index (χ1n) is 8.57. The summed E-state index contributed by atoms with van der Waals surface area (Å²) in [5, 5.41) is 3.88. The van der Waals surface area contributed by atoms with Crippen LogP contribution in [0.4, 0.5) is 0 Å². The fourth-order valence-corrected chi connectivity index (χ4v) is 3.26. The summed E-state index contributed by atoms with van der Waals surface area (Å²) in [6, 6.07) is 21.9. The summed E-state index contributed by atoms with van der Waals surface area (Å²) >= 11 is 0. The Balaban J connectivity index is 0.000000141. The highest BCUT2D eigenvalue weighted by molar-refractivity contribution is 5.19. The third-order valence-corrected chi connectivity index (χ3v) is 4.62. The van der Waals surface area contributed by atoms with E-state index in [0.29, 0.717) is 12.1 Å². The molecule has 4 nitrogen and oxygen atoms in total. The Kier molecular flexibility index (Phi) is 5.99. The Morgan fingerprint density at radius 3 is 1.33 bits per heavy atom. The lowest BCUT2D eigenvalue weighted by atomic mass is 10.1. The molecule has 0 bridgehead atoms. The van der Waals surface area contributed by atoms with Crippen LogP contribution in [0, 0.1) is 0 Å². The van der Waals surface area contributed by atoms with Crippen LogP contribution in [0.15, 0.2) is 60.7 Å². The van der Waals surface area contributed by atoms with Gasteiger partial charge in [-0.1, -0.05) is 60.7 Å². The molecule has 2 saturated heterocycles. The molecule has 2 aliphatic heterocycles. The minimum absolute atomic E-state index is 0.450. The van der Waals surface area contributed by atoms with Crippen molar-refractivity contribution in [1.29, 1.82) is 0 Å². The van der Waals surface area contributed by atoms with Gasteiger partial charge in [-0.3, -0.25) is 9.68 Å². The van der Waals surface area contributed by atoms with Crippen LogP contribution >= 0.6 is 0 Å². The topological polar surface area (TPSA) is 24.9 Å². The second kappa shape index (κ2) is 8.40. The van der Waals surface area contributed by atoms with Gasteiger partial charge in [0.05, 0.1) is 25.3 Å². The summed E-state index contributed by atoms with van der Waals surface area (Å²) in [6.45, 7) is 1.69. The second-order valence-corrected chi connectivity index (χ2v) is 6.19. The van der Waals surface area contributed by atoms with E-state index in [0.717, 1.165) is 26.1 Å². The van der Waals surface area contributed by atoms with Gasteiger partial charge in [0.1, 0.15) is 0 Å². The summed E-state index contributed by atoms with van der Waals surface area (Å²) in [4.78, 5) is 10.7. The van der Waals surface area contributed by atoms with E-state index in [1.54, 1.807) is 0 Å². The van der Waals surface area contributed by atoms with Gasteiger partial charge >= 0.3 is 0 Å². The molecule has 2 fully saturated rings. The molecule has 0 N–H and O–H groups in total. The molecule has 0 amide bonds. The average molecular weight is 326 g/mol. The molecule has 2 aromatic rings. The van der Waals surface area contributed by atoms with Gasteiger partial charge in [-0.2, -0.15) is 10.1 Å². The molecule has 0 radical (unpaired) electrons. The van der Waals surface area contributed by atoms with Crippen molar-refractivity contribution in [2.45, 2.75) is 24.9 Å². The zero-order chi connectivity index (χ0) is 16.8. The monoisotopic (exact) mass is 326 g/mol. The first-order chi connectivity index (χ1) is 11.8. The summed E-state index contributed by atoms with van der Waals surface area (Å²) in [6.07, 6.45) is 2.20. The first-order valence-corrected chi connectivity index (χ1v) is 8.57. The van der Waals surface area contributed by atoms with Gasteiger partial charge in [0, 0.05) is 14.1 Å². The van der Waals surface area contributed by atoms with Gasteiger partial charge < -0.3 is 0 Å². The SMILES string of the molecule is CN1OCC[C@@H]1c1ccccc1.CN1OCC[C@H]1c1ccccc1. The van der Waals surface area contributed by atoms with Crippen molar-refractivity contribution in [2.24, 2.45) is 0 Å². The maximum atomic E-state index is 5.35. The fraction of sp³-hybridized carbons (Fsp3) is 0.400. The smallest absolute Gasteiger partial charge is 0.0704 e. The molecule has 0 aromatic heterocycles. The highest BCUT2D eigenvalue weighted by Gasteiger charge is 2.23. The van der Waals surface area contributed by atoms with E-state index >= 15 is 0 Å². The van der Waals surface area contributed by atoms with Crippen LogP contribution in [0.1, 0.15) is 36.1 Å². The lowest BCUT2D eigenvalue weighted by Crippen LogP contribution is -2.15. The standard InChI is InChI=1S/2C10H13NO/c2*1-11-10(7-8-12-11)9-5-3-2-4-6-9/h2*2-6,10H,7-8H2,1H3/t2*10-/m10/s1. The third-order valence-electron chi connectivity index (χ3n) is 4.62. The normalized spacial score (nSPS) is 24.6. The summed E-state index contributed by atoms with van der Waals surface area (Å²) < 4.78 is 0. The number of rotatable bonds is 2. The van der Waals surface area contributed by atoms with Gasteiger partial charge in [-0.25, -0.2) is 0 Å². The number of benzene rings is 2. The maximum absolute atomic E-state index is 5.35. The molecule has 0 aliphatic carbocycles. The van der Waals surface area contributed by atoms with Gasteiger partial charge in [0.25, 0.3) is 0 Å². The predicted molar refractivity (Wildman–Crippen MR) is 95.0 cm³/mol. The molecule has 0 spiro atoms. The summed E-state index contributed by atoms with van der Waals surface area (Å²) in [7, 11) is 3.98. The Labute approximate surface area is 144 Å². The molecule has 0 saturated carbocycles. The van der Waals surface area contributed by atoms with Crippen LogP contribution in [0.3, 0.4) is 0 Å². The molecule has 2 heterocycles. The third kappa shape index (κ3) is 4.22. The minimum Gasteiger partial charge on any atom is -0.299 e. The van der Waals surface area contributed by atoms with Crippen LogP contribution in [0.25, 0.3) is 0 Å². The van der Waals surface area contributed by atoms with Crippen LogP contribution in [0.2, 0.25) is 0 Å². The quantitative estimate of drug-likeness (QED) is 0.833. The van der Waals surface area contributed by atoms with Gasteiger partial charge in [-0.15, -0.1) is 0 Å². The Morgan fingerprint density at radius 2 is 1.04 bits per heavy atom. The van der Waals surface area contributed by atoms with E-state index < -0.39 is 0 Å². The summed E-state index contributed by atoms with van der Waals surface area (Å²) in [5.41, 5.74) is 2.69. The molecule has 4 heteroatoms. The summed E-state index contributed by atoms with van der Waals surface area (Å²) in [5.74, 6) is 0. The Morgan fingerprint density at radius 1 is 0.667 bits per heavy atom. The van der Waals surface area contributed by atoms with Crippen molar-refractivity contribution in [3.63, 3.8) is 0 Å². The van der Waals surface area contributed by atoms with Crippen LogP contribution in [-0.2, 0) is 9.68 Å². The Hall–Kier alpha value is -1.72. The molecule has 128 valence electrons. The van der Waals surface area contributed by atoms with E-state index in [2.05, 4.69) is 48.5 Å². The molecule has 0 unspecified atom stereocenters. The van der Waals surface area contributed by atoms with Crippen LogP contribution in [-0.4, -0.2) is 37.4 Å². The molecular weight excluding hydrogens is 300 g/mol. The molecule has 2 aromatic carbocycles. The van der Waals surface area contributed by atoms with Gasteiger partial charge in [0.2, 0.25) is 0 Å². The number of nitrogens with zero attached hydrogens (tertiary/aromatic N) is 2. The molecule has 2 aliphatic rings. The van der Waals surface area contributed by atoms with E-state index in [1.165, 1.54) is 11.1 Å². The molecule has 24 heavy (non-hydrogen) atoms. The fourth-order valence-electron chi connectivity index (χ4n) is 3.26. The lowest BCUT2D eigenvalue weighted by Gasteiger charge is -2.17. The molecule has 2 atom stereocenters. The van der Waals surface area contributed by atoms with Gasteiger partial charge in [-0.05, 0) is 24.0 Å². The highest BCUT2D eigenvalue weighted by Crippen LogP contribution is 2.28. The molecule has 4 rings (SSSR count). The van der Waals surface area contributed by atoms with Crippen molar-refractivity contribution in [3.8, 4) is 0 Å². The zero-order valence-corrected chi connectivity index (χ0v) is 14.5. The lowest BCUT2D eigenvalue weighted by molar-refractivity contribution is -0.110. The Bertz CT molecular complexity index is 550. The van der Waals surface area contributed by atoms with E-state index in [4.69, 9.17) is 9.68 Å². The molecular formula is C20H26N2O2. The zero-order valence-electron chi connectivity index (χ0n) is 14.5. The minimum atomic E-state index is 0.450. The van der Waals surface area contributed by atoms with Crippen molar-refractivity contribution in [1.82, 2.24) is 10.1 Å². The number of hydroxylamine groups is 4. The number of hydrogen-bond acceptors (Lipinski definition) is 4. The van der Waals surface area contributed by atoms with Crippen molar-refractivity contribution >= 4 is 0 Å². The van der Waals surface area contributed by atoms with Crippen LogP contribution in [0.5, 0.6) is 0 Å². The van der Waals surface area contributed by atoms with Crippen molar-refractivity contribution in [2.75, 3.05) is 27.3 Å².